The van der Waals surface area contributed by atoms with E-state index in [9.17, 15) is 4.39 Å². The van der Waals surface area contributed by atoms with Crippen LogP contribution in [0, 0.1) is 5.82 Å². The van der Waals surface area contributed by atoms with Crippen molar-refractivity contribution in [3.8, 4) is 0 Å². The molecule has 0 unspecified atom stereocenters. The third-order valence-corrected chi connectivity index (χ3v) is 3.56. The number of benzene rings is 1. The molecule has 0 amide bonds. The topological polar surface area (TPSA) is 73.5 Å². The fraction of sp³-hybridized carbons (Fsp3) is 0.125. The maximum absolute atomic E-state index is 13.3. The first-order valence-corrected chi connectivity index (χ1v) is 7.36. The van der Waals surface area contributed by atoms with E-state index in [4.69, 9.17) is 0 Å². The molecule has 0 radical (unpaired) electrons. The molecule has 0 fully saturated rings. The summed E-state index contributed by atoms with van der Waals surface area (Å²) in [5.74, 6) is 0.189. The summed E-state index contributed by atoms with van der Waals surface area (Å²) in [4.78, 5) is 8.78. The molecular weight excluding hydrogens is 309 g/mol. The highest BCUT2D eigenvalue weighted by molar-refractivity contribution is 5.75. The quantitative estimate of drug-likeness (QED) is 0.624. The van der Waals surface area contributed by atoms with Gasteiger partial charge in [-0.3, -0.25) is 4.68 Å². The number of aromatic nitrogens is 6. The van der Waals surface area contributed by atoms with Gasteiger partial charge in [-0.2, -0.15) is 15.2 Å². The van der Waals surface area contributed by atoms with Gasteiger partial charge in [0.15, 0.2) is 5.65 Å². The van der Waals surface area contributed by atoms with E-state index < -0.39 is 0 Å². The molecule has 0 spiro atoms. The van der Waals surface area contributed by atoms with Gasteiger partial charge < -0.3 is 5.32 Å². The van der Waals surface area contributed by atoms with Crippen molar-refractivity contribution in [2.75, 3.05) is 5.32 Å². The first kappa shape index (κ1) is 14.3. The van der Waals surface area contributed by atoms with Crippen molar-refractivity contribution in [1.29, 1.82) is 0 Å². The third-order valence-electron chi connectivity index (χ3n) is 3.56. The Morgan fingerprint density at radius 1 is 1.17 bits per heavy atom. The van der Waals surface area contributed by atoms with Gasteiger partial charge in [0.2, 0.25) is 5.95 Å². The number of rotatable bonds is 4. The molecule has 0 aliphatic rings. The molecule has 0 aliphatic carbocycles. The van der Waals surface area contributed by atoms with Crippen molar-refractivity contribution in [2.24, 2.45) is 7.05 Å². The molecule has 4 rings (SSSR count). The van der Waals surface area contributed by atoms with Crippen LogP contribution in [0.1, 0.15) is 5.56 Å². The zero-order chi connectivity index (χ0) is 16.5. The minimum atomic E-state index is -0.266. The highest BCUT2D eigenvalue weighted by atomic mass is 19.1. The van der Waals surface area contributed by atoms with Crippen molar-refractivity contribution in [3.63, 3.8) is 0 Å². The van der Waals surface area contributed by atoms with Gasteiger partial charge in [-0.05, 0) is 17.7 Å². The summed E-state index contributed by atoms with van der Waals surface area (Å²) in [6, 6.07) is 6.44. The Balaban J connectivity index is 1.65. The molecule has 120 valence electrons. The molecule has 1 aromatic carbocycles. The van der Waals surface area contributed by atoms with Crippen molar-refractivity contribution in [2.45, 2.75) is 6.54 Å². The largest absolute Gasteiger partial charge is 0.321 e. The van der Waals surface area contributed by atoms with Crippen LogP contribution in [0.25, 0.3) is 11.0 Å². The number of hydrogen-bond acceptors (Lipinski definition) is 5. The number of aryl methyl sites for hydroxylation is 1. The van der Waals surface area contributed by atoms with Gasteiger partial charge in [-0.25, -0.2) is 14.1 Å². The molecular formula is C16H14FN7. The van der Waals surface area contributed by atoms with Crippen molar-refractivity contribution in [1.82, 2.24) is 29.5 Å². The second-order valence-corrected chi connectivity index (χ2v) is 5.43. The predicted octanol–water partition coefficient (Wildman–Crippen LogP) is 2.49. The van der Waals surface area contributed by atoms with Crippen LogP contribution in [-0.2, 0) is 13.6 Å². The number of nitrogens with one attached hydrogen (secondary N) is 1. The van der Waals surface area contributed by atoms with E-state index in [1.54, 1.807) is 34.0 Å². The summed E-state index contributed by atoms with van der Waals surface area (Å²) < 4.78 is 16.8. The van der Waals surface area contributed by atoms with E-state index in [0.29, 0.717) is 18.1 Å². The summed E-state index contributed by atoms with van der Waals surface area (Å²) >= 11 is 0. The summed E-state index contributed by atoms with van der Waals surface area (Å²) in [5, 5.41) is 12.3. The van der Waals surface area contributed by atoms with Crippen LogP contribution in [0.3, 0.4) is 0 Å². The fourth-order valence-corrected chi connectivity index (χ4v) is 2.47. The number of nitrogens with zero attached hydrogens (tertiary/aromatic N) is 6. The first-order chi connectivity index (χ1) is 11.7. The van der Waals surface area contributed by atoms with Crippen LogP contribution in [-0.4, -0.2) is 29.5 Å². The molecule has 0 bridgehead atoms. The van der Waals surface area contributed by atoms with Gasteiger partial charge in [-0.15, -0.1) is 0 Å². The number of anilines is 2. The van der Waals surface area contributed by atoms with E-state index in [1.807, 2.05) is 19.3 Å². The second-order valence-electron chi connectivity index (χ2n) is 5.43. The molecule has 0 saturated heterocycles. The summed E-state index contributed by atoms with van der Waals surface area (Å²) in [7, 11) is 1.84. The molecule has 7 nitrogen and oxygen atoms in total. The second kappa shape index (κ2) is 5.73. The van der Waals surface area contributed by atoms with Crippen LogP contribution in [0.2, 0.25) is 0 Å². The molecule has 24 heavy (non-hydrogen) atoms. The third kappa shape index (κ3) is 2.81. The van der Waals surface area contributed by atoms with Crippen molar-refractivity contribution >= 4 is 22.7 Å². The Hall–Kier alpha value is -3.29. The minimum Gasteiger partial charge on any atom is -0.321 e. The van der Waals surface area contributed by atoms with Crippen LogP contribution in [0.4, 0.5) is 16.0 Å². The minimum absolute atomic E-state index is 0.266. The highest BCUT2D eigenvalue weighted by Crippen LogP contribution is 2.17. The molecule has 0 atom stereocenters. The lowest BCUT2D eigenvalue weighted by Crippen LogP contribution is -2.04. The van der Waals surface area contributed by atoms with E-state index >= 15 is 0 Å². The van der Waals surface area contributed by atoms with Gasteiger partial charge in [0, 0.05) is 19.4 Å². The van der Waals surface area contributed by atoms with Crippen LogP contribution >= 0.6 is 0 Å². The normalized spacial score (nSPS) is 11.1. The van der Waals surface area contributed by atoms with Crippen molar-refractivity contribution in [3.05, 3.63) is 60.4 Å². The monoisotopic (exact) mass is 323 g/mol. The Labute approximate surface area is 136 Å². The Morgan fingerprint density at radius 2 is 2.08 bits per heavy atom. The standard InChI is InChI=1S/C16H14FN7/c1-23-10-14(8-19-23)21-16-18-6-12-7-20-24(15(12)22-16)9-11-3-2-4-13(17)5-11/h2-8,10H,9H2,1H3,(H,18,21,22). The Kier molecular flexibility index (Phi) is 3.42. The molecule has 3 heterocycles. The predicted molar refractivity (Wildman–Crippen MR) is 87.3 cm³/mol. The van der Waals surface area contributed by atoms with E-state index in [1.165, 1.54) is 12.1 Å². The maximum atomic E-state index is 13.3. The lowest BCUT2D eigenvalue weighted by atomic mass is 10.2. The average Bonchev–Trinajstić information content (AvgIpc) is 3.14. The van der Waals surface area contributed by atoms with E-state index in [0.717, 1.165) is 16.6 Å². The zero-order valence-electron chi connectivity index (χ0n) is 12.9. The van der Waals surface area contributed by atoms with Crippen molar-refractivity contribution < 1.29 is 4.39 Å². The number of fused-ring (bicyclic) bond motifs is 1. The molecule has 4 aromatic rings. The number of halogens is 1. The van der Waals surface area contributed by atoms with Gasteiger partial charge >= 0.3 is 0 Å². The lowest BCUT2D eigenvalue weighted by molar-refractivity contribution is 0.620. The lowest BCUT2D eigenvalue weighted by Gasteiger charge is -2.05. The molecule has 0 saturated carbocycles. The molecule has 8 heteroatoms. The Morgan fingerprint density at radius 3 is 2.88 bits per heavy atom. The van der Waals surface area contributed by atoms with Gasteiger partial charge in [0.1, 0.15) is 5.82 Å². The van der Waals surface area contributed by atoms with E-state index in [-0.39, 0.29) is 5.82 Å². The smallest absolute Gasteiger partial charge is 0.229 e. The van der Waals surface area contributed by atoms with E-state index in [2.05, 4.69) is 25.5 Å². The summed E-state index contributed by atoms with van der Waals surface area (Å²) in [5.41, 5.74) is 2.30. The van der Waals surface area contributed by atoms with Gasteiger partial charge in [-0.1, -0.05) is 12.1 Å². The van der Waals surface area contributed by atoms with Crippen LogP contribution < -0.4 is 5.32 Å². The highest BCUT2D eigenvalue weighted by Gasteiger charge is 2.08. The summed E-state index contributed by atoms with van der Waals surface area (Å²) in [6.45, 7) is 0.435. The number of hydrogen-bond donors (Lipinski definition) is 1. The molecule has 0 aliphatic heterocycles. The summed E-state index contributed by atoms with van der Waals surface area (Å²) in [6.07, 6.45) is 6.92. The van der Waals surface area contributed by atoms with Crippen LogP contribution in [0.15, 0.2) is 49.1 Å². The van der Waals surface area contributed by atoms with Gasteiger partial charge in [0.25, 0.3) is 0 Å². The Bertz CT molecular complexity index is 1000. The fourth-order valence-electron chi connectivity index (χ4n) is 2.47. The molecule has 3 aromatic heterocycles. The molecule has 1 N–H and O–H groups in total. The SMILES string of the molecule is Cn1cc(Nc2ncc3cnn(Cc4cccc(F)c4)c3n2)cn1. The maximum Gasteiger partial charge on any atom is 0.229 e. The first-order valence-electron chi connectivity index (χ1n) is 7.36. The van der Waals surface area contributed by atoms with Gasteiger partial charge in [0.05, 0.1) is 30.0 Å². The van der Waals surface area contributed by atoms with Crippen LogP contribution in [0.5, 0.6) is 0 Å². The average molecular weight is 323 g/mol. The zero-order valence-corrected chi connectivity index (χ0v) is 12.9.